The Morgan fingerprint density at radius 1 is 1.08 bits per heavy atom. The maximum atomic E-state index is 4.93. The van der Waals surface area contributed by atoms with E-state index in [9.17, 15) is 0 Å². The summed E-state index contributed by atoms with van der Waals surface area (Å²) in [7, 11) is 0. The number of hydrogen-bond acceptors (Lipinski definition) is 2. The summed E-state index contributed by atoms with van der Waals surface area (Å²) in [6, 6.07) is 2.10. The number of H-pyrrole nitrogens is 1. The molecule has 4 saturated carbocycles. The van der Waals surface area contributed by atoms with Crippen molar-refractivity contribution in [3.05, 3.63) is 47.1 Å². The lowest BCUT2D eigenvalue weighted by molar-refractivity contribution is -0.0130. The smallest absolute Gasteiger partial charge is 0.0826 e. The Bertz CT molecular complexity index is 713. The summed E-state index contributed by atoms with van der Waals surface area (Å²) in [5.74, 6) is 2.93. The van der Waals surface area contributed by atoms with Crippen molar-refractivity contribution in [2.45, 2.75) is 57.9 Å². The average molecular weight is 321 g/mol. The molecule has 3 heteroatoms. The molecular weight excluding hydrogens is 294 g/mol. The molecule has 126 valence electrons. The summed E-state index contributed by atoms with van der Waals surface area (Å²) in [4.78, 5) is 8.07. The summed E-state index contributed by atoms with van der Waals surface area (Å²) in [5, 5.41) is 3.87. The van der Waals surface area contributed by atoms with Crippen molar-refractivity contribution in [3.63, 3.8) is 0 Å². The van der Waals surface area contributed by atoms with Crippen LogP contribution in [0.4, 0.5) is 0 Å². The zero-order valence-corrected chi connectivity index (χ0v) is 14.7. The Morgan fingerprint density at radius 2 is 1.75 bits per heavy atom. The van der Waals surface area contributed by atoms with E-state index in [1.54, 1.807) is 0 Å². The monoisotopic (exact) mass is 321 g/mol. The molecule has 1 aliphatic heterocycles. The van der Waals surface area contributed by atoms with Crippen LogP contribution >= 0.6 is 0 Å². The molecule has 3 nitrogen and oxygen atoms in total. The highest BCUT2D eigenvalue weighted by Gasteiger charge is 2.50. The number of hydrogen-bond donors (Lipinski definition) is 2. The SMILES string of the molecule is CC1=C(C)C(c2cc[nH]c2)=NC1=CNC12CC3CC(CC(C3)C1)C2. The van der Waals surface area contributed by atoms with Crippen LogP contribution in [-0.2, 0) is 0 Å². The molecule has 24 heavy (non-hydrogen) atoms. The van der Waals surface area contributed by atoms with Crippen LogP contribution in [0, 0.1) is 17.8 Å². The summed E-state index contributed by atoms with van der Waals surface area (Å²) in [6.45, 7) is 4.39. The third-order valence-corrected chi connectivity index (χ3v) is 6.96. The molecule has 0 spiro atoms. The largest absolute Gasteiger partial charge is 0.384 e. The number of nitrogens with zero attached hydrogens (tertiary/aromatic N) is 1. The van der Waals surface area contributed by atoms with E-state index in [2.05, 4.69) is 36.4 Å². The first kappa shape index (κ1) is 14.6. The number of aromatic nitrogens is 1. The highest BCUT2D eigenvalue weighted by Crippen LogP contribution is 2.55. The van der Waals surface area contributed by atoms with Gasteiger partial charge in [0.1, 0.15) is 0 Å². The first-order chi connectivity index (χ1) is 11.6. The first-order valence-electron chi connectivity index (χ1n) is 9.50. The minimum Gasteiger partial charge on any atom is -0.384 e. The molecule has 0 amide bonds. The maximum absolute atomic E-state index is 4.93. The van der Waals surface area contributed by atoms with E-state index in [4.69, 9.17) is 4.99 Å². The van der Waals surface area contributed by atoms with Gasteiger partial charge in [0.15, 0.2) is 0 Å². The zero-order valence-electron chi connectivity index (χ0n) is 14.7. The molecule has 4 aliphatic carbocycles. The Labute approximate surface area is 144 Å². The second-order valence-electron chi connectivity index (χ2n) is 8.68. The van der Waals surface area contributed by atoms with Crippen LogP contribution in [0.25, 0.3) is 0 Å². The van der Waals surface area contributed by atoms with Crippen LogP contribution in [0.2, 0.25) is 0 Å². The lowest BCUT2D eigenvalue weighted by Crippen LogP contribution is -2.57. The Balaban J connectivity index is 1.41. The van der Waals surface area contributed by atoms with Gasteiger partial charge in [0.25, 0.3) is 0 Å². The van der Waals surface area contributed by atoms with Crippen LogP contribution in [0.15, 0.2) is 46.5 Å². The van der Waals surface area contributed by atoms with Crippen molar-refractivity contribution in [2.75, 3.05) is 0 Å². The van der Waals surface area contributed by atoms with Gasteiger partial charge in [-0.3, -0.25) is 0 Å². The first-order valence-corrected chi connectivity index (χ1v) is 9.50. The summed E-state index contributed by atoms with van der Waals surface area (Å²) in [5.41, 5.74) is 6.40. The van der Waals surface area contributed by atoms with E-state index < -0.39 is 0 Å². The fraction of sp³-hybridized carbons (Fsp3) is 0.571. The Hall–Kier alpha value is -1.77. The lowest BCUT2D eigenvalue weighted by atomic mass is 9.53. The van der Waals surface area contributed by atoms with Crippen molar-refractivity contribution in [1.82, 2.24) is 10.3 Å². The van der Waals surface area contributed by atoms with Gasteiger partial charge in [0.2, 0.25) is 0 Å². The predicted octanol–water partition coefficient (Wildman–Crippen LogP) is 4.55. The van der Waals surface area contributed by atoms with Crippen LogP contribution in [0.3, 0.4) is 0 Å². The van der Waals surface area contributed by atoms with Gasteiger partial charge in [-0.25, -0.2) is 4.99 Å². The molecular formula is C21H27N3. The van der Waals surface area contributed by atoms with Gasteiger partial charge in [0, 0.05) is 29.7 Å². The van der Waals surface area contributed by atoms with Gasteiger partial charge >= 0.3 is 0 Å². The van der Waals surface area contributed by atoms with Crippen molar-refractivity contribution in [3.8, 4) is 0 Å². The van der Waals surface area contributed by atoms with E-state index >= 15 is 0 Å². The molecule has 6 rings (SSSR count). The topological polar surface area (TPSA) is 40.2 Å². The molecule has 2 N–H and O–H groups in total. The number of aliphatic imine (C=N–C) groups is 1. The molecule has 1 aromatic rings. The molecule has 0 unspecified atom stereocenters. The molecule has 0 aromatic carbocycles. The predicted molar refractivity (Wildman–Crippen MR) is 97.8 cm³/mol. The van der Waals surface area contributed by atoms with Gasteiger partial charge in [-0.1, -0.05) is 0 Å². The van der Waals surface area contributed by atoms with Crippen molar-refractivity contribution in [2.24, 2.45) is 22.7 Å². The summed E-state index contributed by atoms with van der Waals surface area (Å²) in [6.07, 6.45) is 14.8. The van der Waals surface area contributed by atoms with Gasteiger partial charge in [-0.2, -0.15) is 0 Å². The van der Waals surface area contributed by atoms with Crippen molar-refractivity contribution < 1.29 is 0 Å². The Kier molecular flexibility index (Phi) is 3.10. The third kappa shape index (κ3) is 2.21. The van der Waals surface area contributed by atoms with Gasteiger partial charge in [-0.15, -0.1) is 0 Å². The van der Waals surface area contributed by atoms with Gasteiger partial charge in [-0.05, 0) is 87.3 Å². The fourth-order valence-electron chi connectivity index (χ4n) is 6.06. The standard InChI is InChI=1S/C21H27N3/c1-13-14(2)20(18-3-4-22-11-18)24-19(13)12-23-21-8-15-5-16(9-21)7-17(6-15)10-21/h3-4,11-12,15-17,22-23H,5-10H2,1-2H3. The number of nitrogens with one attached hydrogen (secondary N) is 2. The van der Waals surface area contributed by atoms with Crippen LogP contribution in [0.1, 0.15) is 57.9 Å². The second-order valence-corrected chi connectivity index (χ2v) is 8.68. The van der Waals surface area contributed by atoms with Gasteiger partial charge in [0.05, 0.1) is 11.4 Å². The number of rotatable bonds is 3. The molecule has 2 heterocycles. The molecule has 4 bridgehead atoms. The van der Waals surface area contributed by atoms with Crippen LogP contribution in [-0.4, -0.2) is 16.2 Å². The molecule has 0 radical (unpaired) electrons. The van der Waals surface area contributed by atoms with E-state index in [0.717, 1.165) is 29.2 Å². The molecule has 1 aromatic heterocycles. The third-order valence-electron chi connectivity index (χ3n) is 6.96. The lowest BCUT2D eigenvalue weighted by Gasteiger charge is -2.57. The molecule has 5 aliphatic rings. The normalized spacial score (nSPS) is 39.0. The second kappa shape index (κ2) is 5.11. The maximum Gasteiger partial charge on any atom is 0.0826 e. The highest BCUT2D eigenvalue weighted by atomic mass is 15.0. The van der Waals surface area contributed by atoms with E-state index in [1.165, 1.54) is 55.2 Å². The highest BCUT2D eigenvalue weighted by molar-refractivity contribution is 6.15. The molecule has 0 saturated heterocycles. The van der Waals surface area contributed by atoms with Crippen molar-refractivity contribution in [1.29, 1.82) is 0 Å². The van der Waals surface area contributed by atoms with Crippen LogP contribution < -0.4 is 5.32 Å². The van der Waals surface area contributed by atoms with Crippen LogP contribution in [0.5, 0.6) is 0 Å². The molecule has 0 atom stereocenters. The summed E-state index contributed by atoms with van der Waals surface area (Å²) >= 11 is 0. The average Bonchev–Trinajstić information content (AvgIpc) is 3.15. The fourth-order valence-corrected chi connectivity index (χ4v) is 6.06. The van der Waals surface area contributed by atoms with E-state index in [-0.39, 0.29) is 0 Å². The molecule has 4 fully saturated rings. The zero-order chi connectivity index (χ0) is 16.3. The number of allylic oxidation sites excluding steroid dienone is 2. The Morgan fingerprint density at radius 3 is 2.33 bits per heavy atom. The number of aromatic amines is 1. The minimum absolute atomic E-state index is 0.363. The summed E-state index contributed by atoms with van der Waals surface area (Å²) < 4.78 is 0. The van der Waals surface area contributed by atoms with E-state index in [0.29, 0.717) is 5.54 Å². The van der Waals surface area contributed by atoms with E-state index in [1.807, 2.05) is 12.4 Å². The van der Waals surface area contributed by atoms with Crippen molar-refractivity contribution >= 4 is 5.71 Å². The van der Waals surface area contributed by atoms with Gasteiger partial charge < -0.3 is 10.3 Å². The quantitative estimate of drug-likeness (QED) is 0.842. The minimum atomic E-state index is 0.363.